The number of fused-ring (bicyclic) bond motifs is 3. The van der Waals surface area contributed by atoms with Gasteiger partial charge in [-0.1, -0.05) is 66.7 Å². The Bertz CT molecular complexity index is 1540. The maximum Gasteiger partial charge on any atom is 0.412 e. The van der Waals surface area contributed by atoms with Gasteiger partial charge >= 0.3 is 16.3 Å². The van der Waals surface area contributed by atoms with Gasteiger partial charge in [-0.05, 0) is 42.0 Å². The molecule has 0 aliphatic heterocycles. The van der Waals surface area contributed by atoms with Crippen molar-refractivity contribution in [3.63, 3.8) is 0 Å². The molecule has 34 heavy (non-hydrogen) atoms. The quantitative estimate of drug-likeness (QED) is 0.324. The summed E-state index contributed by atoms with van der Waals surface area (Å²) in [6, 6.07) is 32.7. The van der Waals surface area contributed by atoms with Gasteiger partial charge in [0.25, 0.3) is 0 Å². The third-order valence-corrected chi connectivity index (χ3v) is 6.96. The topological polar surface area (TPSA) is 68.6 Å². The van der Waals surface area contributed by atoms with Crippen LogP contribution in [-0.4, -0.2) is 19.0 Å². The smallest absolute Gasteiger partial charge is 0.330 e. The molecule has 5 aromatic rings. The number of aromatic nitrogens is 1. The predicted molar refractivity (Wildman–Crippen MR) is 134 cm³/mol. The van der Waals surface area contributed by atoms with Crippen LogP contribution in [0, 0.1) is 0 Å². The van der Waals surface area contributed by atoms with E-state index >= 15 is 0 Å². The zero-order valence-electron chi connectivity index (χ0n) is 18.5. The van der Waals surface area contributed by atoms with E-state index in [1.165, 1.54) is 0 Å². The summed E-state index contributed by atoms with van der Waals surface area (Å²) in [7, 11) is -4.33. The molecular formula is C27H22N2O4S. The van der Waals surface area contributed by atoms with Crippen molar-refractivity contribution in [3.8, 4) is 5.69 Å². The summed E-state index contributed by atoms with van der Waals surface area (Å²) in [5.74, 6) is -0.889. The number of hydrogen-bond acceptors (Lipinski definition) is 4. The van der Waals surface area contributed by atoms with E-state index in [0.29, 0.717) is 5.69 Å². The number of anilines is 1. The average molecular weight is 471 g/mol. The average Bonchev–Trinajstić information content (AvgIpc) is 3.17. The van der Waals surface area contributed by atoms with Crippen LogP contribution in [0.1, 0.15) is 12.5 Å². The summed E-state index contributed by atoms with van der Waals surface area (Å²) in [5, 5.41) is 2.29. The van der Waals surface area contributed by atoms with Gasteiger partial charge in [0, 0.05) is 23.4 Å². The molecule has 0 amide bonds. The van der Waals surface area contributed by atoms with Crippen LogP contribution in [0.5, 0.6) is 0 Å². The third kappa shape index (κ3) is 4.02. The Balaban J connectivity index is 1.60. The minimum Gasteiger partial charge on any atom is -0.330 e. The summed E-state index contributed by atoms with van der Waals surface area (Å²) >= 11 is 0. The van der Waals surface area contributed by atoms with Gasteiger partial charge in [0.2, 0.25) is 0 Å². The van der Waals surface area contributed by atoms with Crippen LogP contribution in [0.4, 0.5) is 5.69 Å². The van der Waals surface area contributed by atoms with Crippen LogP contribution < -0.4 is 4.31 Å². The van der Waals surface area contributed by atoms with Crippen LogP contribution in [0.15, 0.2) is 103 Å². The summed E-state index contributed by atoms with van der Waals surface area (Å²) in [6.07, 6.45) is 0. The molecule has 0 spiro atoms. The fourth-order valence-corrected chi connectivity index (χ4v) is 5.28. The first-order valence-electron chi connectivity index (χ1n) is 10.8. The molecule has 0 fully saturated rings. The van der Waals surface area contributed by atoms with Gasteiger partial charge in [-0.2, -0.15) is 8.42 Å². The van der Waals surface area contributed by atoms with Gasteiger partial charge in [-0.15, -0.1) is 0 Å². The summed E-state index contributed by atoms with van der Waals surface area (Å²) < 4.78 is 33.7. The molecule has 7 heteroatoms. The Hall–Kier alpha value is -4.10. The monoisotopic (exact) mass is 470 g/mol. The van der Waals surface area contributed by atoms with E-state index < -0.39 is 16.3 Å². The lowest BCUT2D eigenvalue weighted by Gasteiger charge is -2.23. The van der Waals surface area contributed by atoms with Crippen molar-refractivity contribution in [1.29, 1.82) is 0 Å². The van der Waals surface area contributed by atoms with Crippen LogP contribution >= 0.6 is 0 Å². The van der Waals surface area contributed by atoms with Gasteiger partial charge in [0.1, 0.15) is 0 Å². The van der Waals surface area contributed by atoms with Crippen LogP contribution in [-0.2, 0) is 25.8 Å². The second kappa shape index (κ2) is 8.68. The fourth-order valence-electron chi connectivity index (χ4n) is 4.21. The van der Waals surface area contributed by atoms with Crippen molar-refractivity contribution < 1.29 is 17.4 Å². The highest BCUT2D eigenvalue weighted by molar-refractivity contribution is 7.88. The van der Waals surface area contributed by atoms with E-state index in [1.54, 1.807) is 12.1 Å². The zero-order valence-corrected chi connectivity index (χ0v) is 19.3. The number of hydrogen-bond donors (Lipinski definition) is 0. The minimum atomic E-state index is -4.33. The molecule has 4 aromatic carbocycles. The highest BCUT2D eigenvalue weighted by Gasteiger charge is 2.26. The number of rotatable bonds is 6. The van der Waals surface area contributed by atoms with Crippen molar-refractivity contribution in [2.24, 2.45) is 0 Å². The lowest BCUT2D eigenvalue weighted by molar-refractivity contribution is -0.131. The SMILES string of the molecule is CC(=O)OS(=O)(=O)N(Cc1ccccc1)c1ccc(-n2c3ccccc3c3ccccc32)cc1. The second-order valence-electron chi connectivity index (χ2n) is 7.91. The number of benzene rings is 4. The maximum absolute atomic E-state index is 12.9. The molecule has 1 aromatic heterocycles. The zero-order chi connectivity index (χ0) is 23.7. The van der Waals surface area contributed by atoms with Crippen LogP contribution in [0.3, 0.4) is 0 Å². The molecule has 0 saturated heterocycles. The molecular weight excluding hydrogens is 448 g/mol. The Kier molecular flexibility index (Phi) is 5.55. The normalized spacial score (nSPS) is 11.6. The Morgan fingerprint density at radius 3 is 1.85 bits per heavy atom. The lowest BCUT2D eigenvalue weighted by atomic mass is 10.2. The first-order valence-corrected chi connectivity index (χ1v) is 12.2. The van der Waals surface area contributed by atoms with Crippen molar-refractivity contribution >= 4 is 43.8 Å². The minimum absolute atomic E-state index is 0.0329. The third-order valence-electron chi connectivity index (χ3n) is 5.64. The van der Waals surface area contributed by atoms with E-state index in [1.807, 2.05) is 66.7 Å². The van der Waals surface area contributed by atoms with Gasteiger partial charge in [-0.25, -0.2) is 4.31 Å². The standard InChI is InChI=1S/C27H22N2O4S/c1-20(30)33-34(31,32)28(19-21-9-3-2-4-10-21)22-15-17-23(18-16-22)29-26-13-7-5-11-24(26)25-12-6-8-14-27(25)29/h2-18H,19H2,1H3. The van der Waals surface area contributed by atoms with Crippen molar-refractivity contribution in [2.45, 2.75) is 13.5 Å². The van der Waals surface area contributed by atoms with Crippen LogP contribution in [0.25, 0.3) is 27.5 Å². The molecule has 0 bridgehead atoms. The molecule has 0 saturated carbocycles. The highest BCUT2D eigenvalue weighted by Crippen LogP contribution is 2.32. The lowest BCUT2D eigenvalue weighted by Crippen LogP contribution is -2.33. The largest absolute Gasteiger partial charge is 0.412 e. The van der Waals surface area contributed by atoms with Gasteiger partial charge in [-0.3, -0.25) is 4.79 Å². The number of nitrogens with zero attached hydrogens (tertiary/aromatic N) is 2. The van der Waals surface area contributed by atoms with E-state index in [4.69, 9.17) is 4.18 Å². The van der Waals surface area contributed by atoms with Gasteiger partial charge in [0.05, 0.1) is 23.3 Å². The molecule has 0 aliphatic carbocycles. The summed E-state index contributed by atoms with van der Waals surface area (Å²) in [5.41, 5.74) is 4.18. The molecule has 5 rings (SSSR count). The van der Waals surface area contributed by atoms with Crippen molar-refractivity contribution in [3.05, 3.63) is 109 Å². The molecule has 1 heterocycles. The van der Waals surface area contributed by atoms with Crippen molar-refractivity contribution in [1.82, 2.24) is 4.57 Å². The first kappa shape index (κ1) is 21.7. The van der Waals surface area contributed by atoms with Gasteiger partial charge in [0.15, 0.2) is 0 Å². The van der Waals surface area contributed by atoms with E-state index in [0.717, 1.165) is 44.3 Å². The number of para-hydroxylation sites is 2. The molecule has 6 nitrogen and oxygen atoms in total. The first-order chi connectivity index (χ1) is 16.4. The molecule has 0 N–H and O–H groups in total. The van der Waals surface area contributed by atoms with E-state index in [-0.39, 0.29) is 6.54 Å². The molecule has 0 aliphatic rings. The van der Waals surface area contributed by atoms with Crippen LogP contribution in [0.2, 0.25) is 0 Å². The summed E-state index contributed by atoms with van der Waals surface area (Å²) in [4.78, 5) is 11.5. The number of carbonyl (C=O) groups is 1. The second-order valence-corrected chi connectivity index (χ2v) is 9.37. The highest BCUT2D eigenvalue weighted by atomic mass is 32.2. The number of carbonyl (C=O) groups excluding carboxylic acids is 1. The molecule has 0 radical (unpaired) electrons. The molecule has 170 valence electrons. The Morgan fingerprint density at radius 2 is 1.29 bits per heavy atom. The maximum atomic E-state index is 12.9. The molecule has 0 atom stereocenters. The molecule has 0 unspecified atom stereocenters. The summed E-state index contributed by atoms with van der Waals surface area (Å²) in [6.45, 7) is 1.11. The Labute approximate surface area is 197 Å². The van der Waals surface area contributed by atoms with E-state index in [9.17, 15) is 13.2 Å². The fraction of sp³-hybridized carbons (Fsp3) is 0.0741. The predicted octanol–water partition coefficient (Wildman–Crippen LogP) is 5.60. The Morgan fingerprint density at radius 1 is 0.765 bits per heavy atom. The van der Waals surface area contributed by atoms with Crippen molar-refractivity contribution in [2.75, 3.05) is 4.31 Å². The van der Waals surface area contributed by atoms with E-state index in [2.05, 4.69) is 28.8 Å². The van der Waals surface area contributed by atoms with Gasteiger partial charge < -0.3 is 8.75 Å².